The van der Waals surface area contributed by atoms with Crippen LogP contribution in [-0.2, 0) is 6.54 Å². The molecule has 0 unspecified atom stereocenters. The summed E-state index contributed by atoms with van der Waals surface area (Å²) in [4.78, 5) is 11.1. The van der Waals surface area contributed by atoms with Gasteiger partial charge in [0.05, 0.1) is 5.56 Å². The van der Waals surface area contributed by atoms with Crippen molar-refractivity contribution in [2.45, 2.75) is 6.54 Å². The van der Waals surface area contributed by atoms with Gasteiger partial charge in [-0.3, -0.25) is 4.79 Å². The fourth-order valence-electron chi connectivity index (χ4n) is 1.28. The van der Waals surface area contributed by atoms with E-state index in [0.29, 0.717) is 22.1 Å². The van der Waals surface area contributed by atoms with Gasteiger partial charge < -0.3 is 5.32 Å². The van der Waals surface area contributed by atoms with Crippen molar-refractivity contribution in [3.63, 3.8) is 0 Å². The first-order valence-corrected chi connectivity index (χ1v) is 4.24. The van der Waals surface area contributed by atoms with Gasteiger partial charge in [0.25, 0.3) is 5.91 Å². The molecule has 0 aromatic heterocycles. The third kappa shape index (κ3) is 1.03. The van der Waals surface area contributed by atoms with Crippen LogP contribution in [0.2, 0.25) is 0 Å². The van der Waals surface area contributed by atoms with Gasteiger partial charge in [-0.2, -0.15) is 0 Å². The van der Waals surface area contributed by atoms with Crippen LogP contribution in [0.3, 0.4) is 0 Å². The normalized spacial score (nSPS) is 14.3. The van der Waals surface area contributed by atoms with E-state index >= 15 is 0 Å². The quantitative estimate of drug-likeness (QED) is 0.723. The second-order valence-corrected chi connectivity index (χ2v) is 3.46. The summed E-state index contributed by atoms with van der Waals surface area (Å²) in [7, 11) is 0. The summed E-state index contributed by atoms with van der Waals surface area (Å²) in [5.74, 6) is -0.464. The molecule has 2 rings (SSSR count). The topological polar surface area (TPSA) is 29.1 Å². The predicted molar refractivity (Wildman–Crippen MR) is 45.3 cm³/mol. The van der Waals surface area contributed by atoms with Gasteiger partial charge in [-0.15, -0.1) is 0 Å². The molecule has 0 saturated heterocycles. The molecule has 2 nitrogen and oxygen atoms in total. The van der Waals surface area contributed by atoms with E-state index in [0.717, 1.165) is 0 Å². The minimum Gasteiger partial charge on any atom is -0.348 e. The fourth-order valence-corrected chi connectivity index (χ4v) is 1.94. The second kappa shape index (κ2) is 2.55. The number of carbonyl (C=O) groups excluding carboxylic acids is 1. The number of carbonyl (C=O) groups is 1. The first-order valence-electron chi connectivity index (χ1n) is 3.44. The summed E-state index contributed by atoms with van der Waals surface area (Å²) in [6, 6.07) is 2.67. The van der Waals surface area contributed by atoms with Crippen LogP contribution in [-0.4, -0.2) is 5.91 Å². The van der Waals surface area contributed by atoms with Crippen LogP contribution in [0.1, 0.15) is 15.9 Å². The average molecular weight is 230 g/mol. The van der Waals surface area contributed by atoms with E-state index in [1.807, 2.05) is 0 Å². The molecule has 1 amide bonds. The van der Waals surface area contributed by atoms with Crippen LogP contribution in [0.5, 0.6) is 0 Å². The largest absolute Gasteiger partial charge is 0.348 e. The highest BCUT2D eigenvalue weighted by molar-refractivity contribution is 9.10. The molecule has 1 N–H and O–H groups in total. The summed E-state index contributed by atoms with van der Waals surface area (Å²) in [6.07, 6.45) is 0. The summed E-state index contributed by atoms with van der Waals surface area (Å²) in [6.45, 7) is 0.421. The number of halogens is 2. The Bertz CT molecular complexity index is 364. The van der Waals surface area contributed by atoms with Crippen LogP contribution < -0.4 is 5.32 Å². The zero-order chi connectivity index (χ0) is 8.72. The van der Waals surface area contributed by atoms with Crippen molar-refractivity contribution >= 4 is 21.8 Å². The molecule has 4 heteroatoms. The van der Waals surface area contributed by atoms with E-state index in [-0.39, 0.29) is 11.7 Å². The molecular weight excluding hydrogens is 225 g/mol. The van der Waals surface area contributed by atoms with Crippen LogP contribution in [0.4, 0.5) is 4.39 Å². The number of hydrogen-bond acceptors (Lipinski definition) is 1. The summed E-state index contributed by atoms with van der Waals surface area (Å²) >= 11 is 3.14. The van der Waals surface area contributed by atoms with E-state index in [9.17, 15) is 9.18 Å². The highest BCUT2D eigenvalue weighted by Crippen LogP contribution is 2.25. The van der Waals surface area contributed by atoms with Gasteiger partial charge in [0.15, 0.2) is 0 Å². The molecule has 0 spiro atoms. The number of fused-ring (bicyclic) bond motifs is 1. The molecule has 1 aliphatic rings. The summed E-state index contributed by atoms with van der Waals surface area (Å²) in [5.41, 5.74) is 1.27. The maximum atomic E-state index is 12.8. The Morgan fingerprint density at radius 3 is 3.00 bits per heavy atom. The summed E-state index contributed by atoms with van der Waals surface area (Å²) in [5, 5.41) is 2.62. The smallest absolute Gasteiger partial charge is 0.253 e. The Balaban J connectivity index is 2.68. The van der Waals surface area contributed by atoms with Crippen LogP contribution in [0.25, 0.3) is 0 Å². The molecule has 0 aliphatic carbocycles. The van der Waals surface area contributed by atoms with Gasteiger partial charge in [-0.05, 0) is 33.6 Å². The minimum absolute atomic E-state index is 0.142. The zero-order valence-electron chi connectivity index (χ0n) is 6.03. The van der Waals surface area contributed by atoms with Crippen LogP contribution >= 0.6 is 15.9 Å². The molecule has 1 aliphatic heterocycles. The molecule has 0 saturated carbocycles. The van der Waals surface area contributed by atoms with Gasteiger partial charge >= 0.3 is 0 Å². The zero-order valence-corrected chi connectivity index (χ0v) is 7.61. The van der Waals surface area contributed by atoms with Gasteiger partial charge in [-0.1, -0.05) is 0 Å². The molecule has 0 fully saturated rings. The Morgan fingerprint density at radius 2 is 2.25 bits per heavy atom. The lowest BCUT2D eigenvalue weighted by Crippen LogP contribution is -2.12. The van der Waals surface area contributed by atoms with Crippen molar-refractivity contribution in [3.8, 4) is 0 Å². The lowest BCUT2D eigenvalue weighted by atomic mass is 10.1. The lowest BCUT2D eigenvalue weighted by Gasteiger charge is -1.98. The molecule has 0 radical (unpaired) electrons. The molecule has 12 heavy (non-hydrogen) atoms. The van der Waals surface area contributed by atoms with E-state index in [2.05, 4.69) is 21.2 Å². The molecular formula is C8H5BrFNO. The standard InChI is InChI=1S/C8H5BrFNO/c9-6-2-5(10)1-4-3-11-8(12)7(4)6/h1-2H,3H2,(H,11,12). The van der Waals surface area contributed by atoms with Crippen LogP contribution in [0, 0.1) is 5.82 Å². The van der Waals surface area contributed by atoms with E-state index in [1.54, 1.807) is 0 Å². The number of nitrogens with one attached hydrogen (secondary N) is 1. The summed E-state index contributed by atoms with van der Waals surface area (Å²) < 4.78 is 13.3. The molecule has 0 atom stereocenters. The Labute approximate surface area is 76.9 Å². The first-order chi connectivity index (χ1) is 5.68. The van der Waals surface area contributed by atoms with E-state index < -0.39 is 0 Å². The van der Waals surface area contributed by atoms with Crippen LogP contribution in [0.15, 0.2) is 16.6 Å². The Hall–Kier alpha value is -0.900. The third-order valence-corrected chi connectivity index (χ3v) is 2.43. The van der Waals surface area contributed by atoms with Crippen molar-refractivity contribution in [1.82, 2.24) is 5.32 Å². The predicted octanol–water partition coefficient (Wildman–Crippen LogP) is 1.83. The van der Waals surface area contributed by atoms with Gasteiger partial charge in [0.2, 0.25) is 0 Å². The number of rotatable bonds is 0. The Kier molecular flexibility index (Phi) is 1.65. The Morgan fingerprint density at radius 1 is 1.50 bits per heavy atom. The maximum absolute atomic E-state index is 12.8. The monoisotopic (exact) mass is 229 g/mol. The van der Waals surface area contributed by atoms with Crippen molar-refractivity contribution in [2.75, 3.05) is 0 Å². The number of hydrogen-bond donors (Lipinski definition) is 1. The number of benzene rings is 1. The highest BCUT2D eigenvalue weighted by Gasteiger charge is 2.22. The second-order valence-electron chi connectivity index (χ2n) is 2.60. The molecule has 62 valence electrons. The lowest BCUT2D eigenvalue weighted by molar-refractivity contribution is 0.0965. The SMILES string of the molecule is O=C1NCc2cc(F)cc(Br)c21. The molecule has 1 aromatic carbocycles. The minimum atomic E-state index is -0.322. The van der Waals surface area contributed by atoms with Gasteiger partial charge in [0.1, 0.15) is 5.82 Å². The number of amides is 1. The van der Waals surface area contributed by atoms with E-state index in [1.165, 1.54) is 12.1 Å². The maximum Gasteiger partial charge on any atom is 0.253 e. The van der Waals surface area contributed by atoms with Crippen molar-refractivity contribution in [3.05, 3.63) is 33.5 Å². The average Bonchev–Trinajstić information content (AvgIpc) is 2.31. The molecule has 1 aromatic rings. The fraction of sp³-hybridized carbons (Fsp3) is 0.125. The van der Waals surface area contributed by atoms with E-state index in [4.69, 9.17) is 0 Å². The third-order valence-electron chi connectivity index (χ3n) is 1.80. The van der Waals surface area contributed by atoms with Gasteiger partial charge in [-0.25, -0.2) is 4.39 Å². The van der Waals surface area contributed by atoms with Crippen molar-refractivity contribution in [1.29, 1.82) is 0 Å². The highest BCUT2D eigenvalue weighted by atomic mass is 79.9. The van der Waals surface area contributed by atoms with Crippen molar-refractivity contribution < 1.29 is 9.18 Å². The molecule has 0 bridgehead atoms. The van der Waals surface area contributed by atoms with Gasteiger partial charge in [0, 0.05) is 11.0 Å². The first kappa shape index (κ1) is 7.73. The van der Waals surface area contributed by atoms with Crippen molar-refractivity contribution in [2.24, 2.45) is 0 Å². The molecule has 1 heterocycles.